The predicted octanol–water partition coefficient (Wildman–Crippen LogP) is 5.67. The van der Waals surface area contributed by atoms with Crippen molar-refractivity contribution >= 4 is 29.2 Å². The molecular weight excluding hydrogens is 496 g/mol. The second kappa shape index (κ2) is 9.72. The minimum absolute atomic E-state index is 0.00759. The normalized spacial score (nSPS) is 18.7. The molecule has 2 aliphatic rings. The molecule has 0 bridgehead atoms. The van der Waals surface area contributed by atoms with Crippen molar-refractivity contribution in [3.8, 4) is 11.3 Å². The van der Waals surface area contributed by atoms with Gasteiger partial charge in [0.05, 0.1) is 16.3 Å². The Morgan fingerprint density at radius 2 is 1.75 bits per heavy atom. The number of rotatable bonds is 4. The van der Waals surface area contributed by atoms with Crippen LogP contribution in [0.5, 0.6) is 0 Å². The summed E-state index contributed by atoms with van der Waals surface area (Å²) in [7, 11) is 0. The van der Waals surface area contributed by atoms with E-state index in [1.807, 2.05) is 13.0 Å². The van der Waals surface area contributed by atoms with E-state index in [2.05, 4.69) is 14.8 Å². The first-order valence-electron chi connectivity index (χ1n) is 11.8. The molecule has 1 aromatic carbocycles. The van der Waals surface area contributed by atoms with Crippen LogP contribution < -0.4 is 14.7 Å². The largest absolute Gasteiger partial charge is 0.419 e. The van der Waals surface area contributed by atoms with Crippen LogP contribution >= 0.6 is 11.6 Å². The molecule has 11 heteroatoms. The molecule has 6 nitrogen and oxygen atoms in total. The maximum absolute atomic E-state index is 13.8. The lowest BCUT2D eigenvalue weighted by atomic mass is 10.1. The second-order valence-electron chi connectivity index (χ2n) is 9.10. The van der Waals surface area contributed by atoms with E-state index >= 15 is 0 Å². The average Bonchev–Trinajstić information content (AvgIpc) is 3.40. The first-order valence-corrected chi connectivity index (χ1v) is 12.2. The first kappa shape index (κ1) is 24.5. The van der Waals surface area contributed by atoms with Crippen LogP contribution in [0, 0.1) is 5.82 Å². The summed E-state index contributed by atoms with van der Waals surface area (Å²) in [5.74, 6) is 0.691. The number of benzene rings is 1. The number of anilines is 3. The summed E-state index contributed by atoms with van der Waals surface area (Å²) in [6.07, 6.45) is -1.00. The fourth-order valence-electron chi connectivity index (χ4n) is 4.79. The van der Waals surface area contributed by atoms with Gasteiger partial charge in [-0.15, -0.1) is 0 Å². The molecular formula is C25H25ClF4N6. The molecule has 2 aromatic heterocycles. The van der Waals surface area contributed by atoms with Gasteiger partial charge >= 0.3 is 6.18 Å². The van der Waals surface area contributed by atoms with Gasteiger partial charge in [-0.25, -0.2) is 14.4 Å². The summed E-state index contributed by atoms with van der Waals surface area (Å²) in [6, 6.07) is 8.52. The molecule has 36 heavy (non-hydrogen) atoms. The molecule has 0 radical (unpaired) electrons. The third kappa shape index (κ3) is 4.91. The van der Waals surface area contributed by atoms with Gasteiger partial charge in [-0.1, -0.05) is 11.6 Å². The van der Waals surface area contributed by atoms with E-state index in [9.17, 15) is 17.6 Å². The van der Waals surface area contributed by atoms with Crippen LogP contribution in [0.4, 0.5) is 35.1 Å². The minimum Gasteiger partial charge on any atom is -0.352 e. The monoisotopic (exact) mass is 520 g/mol. The maximum Gasteiger partial charge on any atom is 0.419 e. The number of hydrogen-bond acceptors (Lipinski definition) is 6. The van der Waals surface area contributed by atoms with E-state index in [0.29, 0.717) is 42.7 Å². The molecule has 0 aliphatic carbocycles. The van der Waals surface area contributed by atoms with Crippen molar-refractivity contribution in [2.24, 2.45) is 0 Å². The Hall–Kier alpha value is -3.14. The molecule has 4 heterocycles. The fraction of sp³-hybridized carbons (Fsp3) is 0.400. The van der Waals surface area contributed by atoms with Gasteiger partial charge in [-0.05, 0) is 50.1 Å². The lowest BCUT2D eigenvalue weighted by Gasteiger charge is -2.41. The number of aromatic nitrogens is 3. The molecule has 0 N–H and O–H groups in total. The average molecular weight is 521 g/mol. The number of alkyl halides is 3. The smallest absolute Gasteiger partial charge is 0.352 e. The van der Waals surface area contributed by atoms with E-state index in [1.165, 1.54) is 24.4 Å². The van der Waals surface area contributed by atoms with Crippen LogP contribution in [0.1, 0.15) is 25.3 Å². The third-order valence-electron chi connectivity index (χ3n) is 6.62. The number of nitrogens with zero attached hydrogens (tertiary/aromatic N) is 6. The molecule has 0 saturated carbocycles. The van der Waals surface area contributed by atoms with E-state index in [4.69, 9.17) is 21.6 Å². The number of pyridine rings is 1. The van der Waals surface area contributed by atoms with Crippen molar-refractivity contribution in [3.05, 3.63) is 59.0 Å². The zero-order valence-electron chi connectivity index (χ0n) is 19.6. The molecule has 0 amide bonds. The summed E-state index contributed by atoms with van der Waals surface area (Å²) in [4.78, 5) is 19.5. The third-order valence-corrected chi connectivity index (χ3v) is 6.91. The van der Waals surface area contributed by atoms with Crippen LogP contribution in [0.3, 0.4) is 0 Å². The maximum atomic E-state index is 13.8. The first-order chi connectivity index (χ1) is 17.2. The molecule has 0 spiro atoms. The Balaban J connectivity index is 1.46. The Morgan fingerprint density at radius 3 is 2.44 bits per heavy atom. The van der Waals surface area contributed by atoms with E-state index in [0.717, 1.165) is 32.0 Å². The zero-order valence-corrected chi connectivity index (χ0v) is 20.4. The lowest BCUT2D eigenvalue weighted by Crippen LogP contribution is -2.53. The summed E-state index contributed by atoms with van der Waals surface area (Å²) >= 11 is 6.03. The topological polar surface area (TPSA) is 48.4 Å². The molecule has 0 unspecified atom stereocenters. The summed E-state index contributed by atoms with van der Waals surface area (Å²) in [5.41, 5.74) is 0.544. The lowest BCUT2D eigenvalue weighted by molar-refractivity contribution is -0.137. The van der Waals surface area contributed by atoms with Gasteiger partial charge in [-0.2, -0.15) is 18.2 Å². The Kier molecular flexibility index (Phi) is 6.63. The van der Waals surface area contributed by atoms with Gasteiger partial charge in [0, 0.05) is 56.6 Å². The van der Waals surface area contributed by atoms with Crippen molar-refractivity contribution in [3.63, 3.8) is 0 Å². The second-order valence-corrected chi connectivity index (χ2v) is 9.50. The van der Waals surface area contributed by atoms with Crippen molar-refractivity contribution in [2.75, 3.05) is 47.4 Å². The molecule has 3 aromatic rings. The van der Waals surface area contributed by atoms with Gasteiger partial charge in [-0.3, -0.25) is 0 Å². The predicted molar refractivity (Wildman–Crippen MR) is 132 cm³/mol. The Labute approximate surface area is 211 Å². The molecule has 190 valence electrons. The van der Waals surface area contributed by atoms with Gasteiger partial charge in [0.15, 0.2) is 0 Å². The van der Waals surface area contributed by atoms with Gasteiger partial charge in [0.25, 0.3) is 0 Å². The summed E-state index contributed by atoms with van der Waals surface area (Å²) < 4.78 is 54.5. The van der Waals surface area contributed by atoms with Crippen LogP contribution in [0.2, 0.25) is 5.02 Å². The highest BCUT2D eigenvalue weighted by Crippen LogP contribution is 2.36. The SMILES string of the molecule is C[C@@H]1CN(c2ncccc2C(F)(F)F)CCN1c1cc(-c2ccc(F)c(Cl)c2)nc(N2CCCC2)n1. The Morgan fingerprint density at radius 1 is 0.972 bits per heavy atom. The molecule has 5 rings (SSSR count). The number of hydrogen-bond donors (Lipinski definition) is 0. The quantitative estimate of drug-likeness (QED) is 0.413. The van der Waals surface area contributed by atoms with Crippen molar-refractivity contribution in [1.82, 2.24) is 15.0 Å². The van der Waals surface area contributed by atoms with Crippen LogP contribution in [0.25, 0.3) is 11.3 Å². The Bertz CT molecular complexity index is 1250. The zero-order chi connectivity index (χ0) is 25.4. The van der Waals surface area contributed by atoms with Crippen molar-refractivity contribution in [1.29, 1.82) is 0 Å². The highest BCUT2D eigenvalue weighted by molar-refractivity contribution is 6.31. The van der Waals surface area contributed by atoms with E-state index in [-0.39, 0.29) is 16.9 Å². The number of piperazine rings is 1. The van der Waals surface area contributed by atoms with E-state index in [1.54, 1.807) is 11.0 Å². The van der Waals surface area contributed by atoms with Gasteiger partial charge in [0.2, 0.25) is 5.95 Å². The molecule has 1 atom stereocenters. The standard InChI is InChI=1S/C25H25ClF4N6/c1-16-15-35(23-18(25(28,29)30)5-4-8-31-23)11-12-36(16)22-14-21(17-6-7-20(27)19(26)13-17)32-24(33-22)34-9-2-3-10-34/h4-8,13-14,16H,2-3,9-12,15H2,1H3/t16-/m1/s1. The molecule has 2 saturated heterocycles. The van der Waals surface area contributed by atoms with Crippen molar-refractivity contribution in [2.45, 2.75) is 32.0 Å². The van der Waals surface area contributed by atoms with E-state index < -0.39 is 17.6 Å². The fourth-order valence-corrected chi connectivity index (χ4v) is 4.97. The summed E-state index contributed by atoms with van der Waals surface area (Å²) in [6.45, 7) is 4.79. The highest BCUT2D eigenvalue weighted by Gasteiger charge is 2.37. The van der Waals surface area contributed by atoms with Crippen LogP contribution in [0.15, 0.2) is 42.6 Å². The minimum atomic E-state index is -4.48. The van der Waals surface area contributed by atoms with Crippen molar-refractivity contribution < 1.29 is 17.6 Å². The van der Waals surface area contributed by atoms with Gasteiger partial charge < -0.3 is 14.7 Å². The van der Waals surface area contributed by atoms with Crippen LogP contribution in [-0.2, 0) is 6.18 Å². The highest BCUT2D eigenvalue weighted by atomic mass is 35.5. The molecule has 2 aliphatic heterocycles. The van der Waals surface area contributed by atoms with Crippen LogP contribution in [-0.4, -0.2) is 53.7 Å². The summed E-state index contributed by atoms with van der Waals surface area (Å²) in [5, 5.41) is 0.00759. The number of halogens is 5. The molecule has 2 fully saturated rings. The van der Waals surface area contributed by atoms with Gasteiger partial charge in [0.1, 0.15) is 17.5 Å².